The van der Waals surface area contributed by atoms with Gasteiger partial charge < -0.3 is 5.11 Å². The summed E-state index contributed by atoms with van der Waals surface area (Å²) in [4.78, 5) is 12.1. The molecular formula is C27H44O3. The number of aliphatic hydroxyl groups is 1. The minimum absolute atomic E-state index is 0.113. The summed E-state index contributed by atoms with van der Waals surface area (Å²) in [6.45, 7) is 10.7. The Morgan fingerprint density at radius 2 is 1.87 bits per heavy atom. The molecule has 0 aromatic heterocycles. The zero-order chi connectivity index (χ0) is 21.1. The molecule has 0 amide bonds. The fourth-order valence-corrected chi connectivity index (χ4v) is 9.08. The van der Waals surface area contributed by atoms with Gasteiger partial charge in [-0.05, 0) is 97.7 Å². The summed E-state index contributed by atoms with van der Waals surface area (Å²) in [6, 6.07) is 0. The third kappa shape index (κ3) is 3.33. The van der Waals surface area contributed by atoms with Crippen LogP contribution in [-0.4, -0.2) is 23.9 Å². The van der Waals surface area contributed by atoms with E-state index in [0.717, 1.165) is 37.2 Å². The number of fused-ring (bicyclic) bond motifs is 7. The summed E-state index contributed by atoms with van der Waals surface area (Å²) >= 11 is 0. The van der Waals surface area contributed by atoms with Crippen molar-refractivity contribution in [2.45, 2.75) is 104 Å². The second-order valence-corrected chi connectivity index (χ2v) is 12.4. The first kappa shape index (κ1) is 21.5. The van der Waals surface area contributed by atoms with Gasteiger partial charge in [0.15, 0.2) is 0 Å². The number of allylic oxidation sites excluding steroid dienone is 1. The van der Waals surface area contributed by atoms with Gasteiger partial charge in [0.05, 0.1) is 18.8 Å². The van der Waals surface area contributed by atoms with Gasteiger partial charge in [-0.3, -0.25) is 0 Å². The van der Waals surface area contributed by atoms with Gasteiger partial charge in [-0.1, -0.05) is 52.2 Å². The van der Waals surface area contributed by atoms with Crippen LogP contribution < -0.4 is 0 Å². The highest BCUT2D eigenvalue weighted by Crippen LogP contribution is 2.67. The normalized spacial score (nSPS) is 54.2. The van der Waals surface area contributed by atoms with Crippen LogP contribution in [0.15, 0.2) is 11.6 Å². The minimum atomic E-state index is -0.113. The summed E-state index contributed by atoms with van der Waals surface area (Å²) in [5.74, 6) is 4.25. The van der Waals surface area contributed by atoms with Crippen molar-refractivity contribution in [3.05, 3.63) is 11.6 Å². The molecule has 4 fully saturated rings. The fourth-order valence-electron chi connectivity index (χ4n) is 9.08. The number of hydrogen-bond acceptors (Lipinski definition) is 3. The van der Waals surface area contributed by atoms with Crippen molar-refractivity contribution in [3.8, 4) is 0 Å². The molecule has 1 heterocycles. The van der Waals surface area contributed by atoms with Crippen molar-refractivity contribution in [3.63, 3.8) is 0 Å². The van der Waals surface area contributed by atoms with Crippen LogP contribution in [0, 0.1) is 46.3 Å². The van der Waals surface area contributed by atoms with E-state index in [1.807, 2.05) is 0 Å². The number of aliphatic hydroxyl groups excluding tert-OH is 1. The van der Waals surface area contributed by atoms with Gasteiger partial charge in [-0.25, -0.2) is 9.78 Å². The van der Waals surface area contributed by atoms with Crippen LogP contribution in [0.25, 0.3) is 0 Å². The van der Waals surface area contributed by atoms with Crippen LogP contribution in [0.3, 0.4) is 0 Å². The highest BCUT2D eigenvalue weighted by Gasteiger charge is 2.62. The third-order valence-electron chi connectivity index (χ3n) is 10.7. The summed E-state index contributed by atoms with van der Waals surface area (Å²) in [5, 5.41) is 10.3. The van der Waals surface area contributed by atoms with Crippen LogP contribution >= 0.6 is 0 Å². The smallest absolute Gasteiger partial charge is 0.0968 e. The zero-order valence-electron chi connectivity index (χ0n) is 19.7. The number of hydrogen-bond donors (Lipinski definition) is 1. The molecule has 5 aliphatic rings. The lowest BCUT2D eigenvalue weighted by Gasteiger charge is -2.58. The quantitative estimate of drug-likeness (QED) is 0.371. The van der Waals surface area contributed by atoms with Crippen molar-refractivity contribution < 1.29 is 14.9 Å². The molecule has 5 rings (SSSR count). The third-order valence-corrected chi connectivity index (χ3v) is 10.7. The highest BCUT2D eigenvalue weighted by atomic mass is 17.2. The molecule has 10 atom stereocenters. The topological polar surface area (TPSA) is 38.7 Å². The Kier molecular flexibility index (Phi) is 5.64. The van der Waals surface area contributed by atoms with Crippen molar-refractivity contribution in [1.29, 1.82) is 0 Å². The second-order valence-electron chi connectivity index (χ2n) is 12.4. The molecule has 170 valence electrons. The van der Waals surface area contributed by atoms with E-state index in [-0.39, 0.29) is 12.2 Å². The number of rotatable bonds is 0. The maximum absolute atomic E-state index is 10.3. The monoisotopic (exact) mass is 416 g/mol. The molecule has 1 saturated heterocycles. The van der Waals surface area contributed by atoms with Crippen LogP contribution in [-0.2, 0) is 9.78 Å². The predicted octanol–water partition coefficient (Wildman–Crippen LogP) is 6.31. The summed E-state index contributed by atoms with van der Waals surface area (Å²) in [7, 11) is 0. The van der Waals surface area contributed by atoms with Crippen LogP contribution in [0.2, 0.25) is 0 Å². The summed E-state index contributed by atoms with van der Waals surface area (Å²) in [5.41, 5.74) is 2.28. The summed E-state index contributed by atoms with van der Waals surface area (Å²) < 4.78 is 0. The fraction of sp³-hybridized carbons (Fsp3) is 0.926. The Bertz CT molecular complexity index is 673. The molecule has 0 aromatic rings. The molecule has 1 N–H and O–H groups in total. The van der Waals surface area contributed by atoms with Crippen molar-refractivity contribution in [2.24, 2.45) is 46.3 Å². The average molecular weight is 417 g/mol. The van der Waals surface area contributed by atoms with Gasteiger partial charge >= 0.3 is 0 Å². The lowest BCUT2D eigenvalue weighted by molar-refractivity contribution is -0.341. The molecule has 0 spiro atoms. The Balaban J connectivity index is 1.43. The SMILES string of the molecule is C[C@@H]1CCC[C@@H](C)C2C(C[C@H]3[C@@H]4CC=C5C[C@@H](O)CC[C@]5(C)[C@H]4CC[C@]23C)OOC1. The van der Waals surface area contributed by atoms with Gasteiger partial charge in [0.25, 0.3) is 0 Å². The zero-order valence-corrected chi connectivity index (χ0v) is 19.7. The Morgan fingerprint density at radius 3 is 2.70 bits per heavy atom. The van der Waals surface area contributed by atoms with E-state index in [4.69, 9.17) is 9.78 Å². The molecule has 0 aromatic carbocycles. The van der Waals surface area contributed by atoms with E-state index >= 15 is 0 Å². The molecule has 3 nitrogen and oxygen atoms in total. The maximum atomic E-state index is 10.3. The van der Waals surface area contributed by atoms with Crippen molar-refractivity contribution in [1.82, 2.24) is 0 Å². The van der Waals surface area contributed by atoms with E-state index in [9.17, 15) is 5.11 Å². The van der Waals surface area contributed by atoms with E-state index in [2.05, 4.69) is 33.8 Å². The lowest BCUT2D eigenvalue weighted by atomic mass is 9.47. The standard InChI is InChI=1S/C27H44O3/c1-17-6-5-7-18(2)25-24(30-29-16-17)15-23-21-9-8-19-14-20(28)10-12-26(19,3)22(21)11-13-27(23,25)4/h8,17-18,20-25,28H,5-7,9-16H2,1-4H3/t17-,18-,20+,21-,22+,23+,24?,25?,26+,27+/m1/s1. The van der Waals surface area contributed by atoms with E-state index in [0.29, 0.717) is 28.6 Å². The molecule has 30 heavy (non-hydrogen) atoms. The first-order valence-corrected chi connectivity index (χ1v) is 13.0. The minimum Gasteiger partial charge on any atom is -0.393 e. The molecule has 3 saturated carbocycles. The molecule has 2 unspecified atom stereocenters. The molecule has 0 radical (unpaired) electrons. The lowest BCUT2D eigenvalue weighted by Crippen LogP contribution is -2.51. The average Bonchev–Trinajstić information content (AvgIpc) is 3.00. The Hall–Kier alpha value is -0.380. The van der Waals surface area contributed by atoms with Crippen LogP contribution in [0.5, 0.6) is 0 Å². The largest absolute Gasteiger partial charge is 0.393 e. The highest BCUT2D eigenvalue weighted by molar-refractivity contribution is 5.25. The molecule has 1 aliphatic heterocycles. The first-order valence-electron chi connectivity index (χ1n) is 13.0. The Morgan fingerprint density at radius 1 is 1.03 bits per heavy atom. The van der Waals surface area contributed by atoms with Gasteiger partial charge in [-0.15, -0.1) is 0 Å². The van der Waals surface area contributed by atoms with Gasteiger partial charge in [0.1, 0.15) is 0 Å². The summed E-state index contributed by atoms with van der Waals surface area (Å²) in [6.07, 6.45) is 14.8. The van der Waals surface area contributed by atoms with Crippen molar-refractivity contribution in [2.75, 3.05) is 6.61 Å². The van der Waals surface area contributed by atoms with Gasteiger partial charge in [0.2, 0.25) is 0 Å². The molecule has 0 bridgehead atoms. The first-order chi connectivity index (χ1) is 14.3. The van der Waals surface area contributed by atoms with E-state index in [1.54, 1.807) is 5.57 Å². The molecule has 4 aliphatic carbocycles. The van der Waals surface area contributed by atoms with E-state index in [1.165, 1.54) is 51.4 Å². The van der Waals surface area contributed by atoms with Crippen LogP contribution in [0.4, 0.5) is 0 Å². The Labute approximate surface area is 183 Å². The van der Waals surface area contributed by atoms with Gasteiger partial charge in [0, 0.05) is 0 Å². The van der Waals surface area contributed by atoms with Crippen LogP contribution in [0.1, 0.15) is 91.9 Å². The molecule has 3 heteroatoms. The van der Waals surface area contributed by atoms with Gasteiger partial charge in [-0.2, -0.15) is 0 Å². The molecular weight excluding hydrogens is 372 g/mol. The van der Waals surface area contributed by atoms with Crippen molar-refractivity contribution >= 4 is 0 Å². The second kappa shape index (κ2) is 7.89. The maximum Gasteiger partial charge on any atom is 0.0968 e. The predicted molar refractivity (Wildman–Crippen MR) is 120 cm³/mol. The van der Waals surface area contributed by atoms with E-state index < -0.39 is 0 Å².